The van der Waals surface area contributed by atoms with E-state index in [9.17, 15) is 9.90 Å². The largest absolute Gasteiger partial charge is 0.507 e. The summed E-state index contributed by atoms with van der Waals surface area (Å²) in [7, 11) is -2.47. The SMILES string of the molecule is CCCCc1ccc(S(OC(=O)c2ccccc2O)(c2ccc(CCCC)cc2)c2ccc(CCCC)cc2)cc1. The minimum atomic E-state index is -2.47. The molecule has 0 spiro atoms. The van der Waals surface area contributed by atoms with Gasteiger partial charge in [0, 0.05) is 14.7 Å². The lowest BCUT2D eigenvalue weighted by Crippen LogP contribution is -2.14. The second-order valence-corrected chi connectivity index (χ2v) is 13.4. The first-order valence-electron chi connectivity index (χ1n) is 15.1. The van der Waals surface area contributed by atoms with Crippen molar-refractivity contribution < 1.29 is 14.1 Å². The molecule has 0 aromatic heterocycles. The van der Waals surface area contributed by atoms with E-state index in [1.165, 1.54) is 22.8 Å². The minimum Gasteiger partial charge on any atom is -0.507 e. The molecule has 41 heavy (non-hydrogen) atoms. The van der Waals surface area contributed by atoms with Crippen molar-refractivity contribution in [2.24, 2.45) is 0 Å². The summed E-state index contributed by atoms with van der Waals surface area (Å²) in [6.45, 7) is 6.61. The van der Waals surface area contributed by atoms with Gasteiger partial charge < -0.3 is 9.29 Å². The van der Waals surface area contributed by atoms with Gasteiger partial charge in [0.15, 0.2) is 0 Å². The van der Waals surface area contributed by atoms with Crippen LogP contribution >= 0.6 is 10.3 Å². The van der Waals surface area contributed by atoms with Crippen molar-refractivity contribution in [3.05, 3.63) is 119 Å². The van der Waals surface area contributed by atoms with E-state index < -0.39 is 16.3 Å². The summed E-state index contributed by atoms with van der Waals surface area (Å²) < 4.78 is 6.71. The van der Waals surface area contributed by atoms with E-state index in [1.807, 2.05) is 0 Å². The van der Waals surface area contributed by atoms with Crippen LogP contribution in [0.25, 0.3) is 0 Å². The van der Waals surface area contributed by atoms with E-state index in [0.29, 0.717) is 0 Å². The second kappa shape index (κ2) is 14.9. The van der Waals surface area contributed by atoms with E-state index in [4.69, 9.17) is 4.18 Å². The average molecular weight is 569 g/mol. The number of aryl methyl sites for hydroxylation is 3. The third-order valence-electron chi connectivity index (χ3n) is 7.55. The Kier molecular flexibility index (Phi) is 11.1. The van der Waals surface area contributed by atoms with Gasteiger partial charge in [-0.3, -0.25) is 0 Å². The lowest BCUT2D eigenvalue weighted by Gasteiger charge is -2.40. The number of phenolic OH excluding ortho intramolecular Hbond substituents is 1. The number of para-hydroxylation sites is 1. The number of unbranched alkanes of at least 4 members (excludes halogenated alkanes) is 3. The Balaban J connectivity index is 1.89. The van der Waals surface area contributed by atoms with E-state index in [1.54, 1.807) is 18.2 Å². The number of rotatable bonds is 14. The van der Waals surface area contributed by atoms with Crippen molar-refractivity contribution in [3.63, 3.8) is 0 Å². The van der Waals surface area contributed by atoms with Crippen LogP contribution in [-0.2, 0) is 23.4 Å². The van der Waals surface area contributed by atoms with Crippen LogP contribution in [-0.4, -0.2) is 11.1 Å². The molecule has 1 N–H and O–H groups in total. The quantitative estimate of drug-likeness (QED) is 0.165. The zero-order chi connectivity index (χ0) is 29.1. The van der Waals surface area contributed by atoms with Gasteiger partial charge in [-0.2, -0.15) is 0 Å². The normalized spacial score (nSPS) is 11.8. The van der Waals surface area contributed by atoms with E-state index in [-0.39, 0.29) is 11.3 Å². The second-order valence-electron chi connectivity index (χ2n) is 10.7. The Hall–Kier alpha value is -3.50. The molecule has 0 amide bonds. The van der Waals surface area contributed by atoms with Gasteiger partial charge in [0.2, 0.25) is 0 Å². The zero-order valence-corrected chi connectivity index (χ0v) is 25.6. The number of hydrogen-bond donors (Lipinski definition) is 1. The fourth-order valence-corrected chi connectivity index (χ4v) is 8.02. The predicted octanol–water partition coefficient (Wildman–Crippen LogP) is 10.5. The van der Waals surface area contributed by atoms with Gasteiger partial charge >= 0.3 is 5.97 Å². The third kappa shape index (κ3) is 7.42. The average Bonchev–Trinajstić information content (AvgIpc) is 3.01. The Bertz CT molecular complexity index is 1250. The van der Waals surface area contributed by atoms with Crippen LogP contribution in [0, 0.1) is 0 Å². The first kappa shape index (κ1) is 30.5. The van der Waals surface area contributed by atoms with Crippen molar-refractivity contribution in [2.75, 3.05) is 0 Å². The molecule has 0 fully saturated rings. The Morgan fingerprint density at radius 2 is 0.951 bits per heavy atom. The Labute approximate surface area is 248 Å². The summed E-state index contributed by atoms with van der Waals surface area (Å²) >= 11 is 0. The molecule has 4 heteroatoms. The molecule has 0 unspecified atom stereocenters. The molecule has 0 aliphatic rings. The maximum absolute atomic E-state index is 13.9. The maximum Gasteiger partial charge on any atom is 0.353 e. The highest BCUT2D eigenvalue weighted by atomic mass is 32.3. The smallest absolute Gasteiger partial charge is 0.353 e. The van der Waals surface area contributed by atoms with Crippen molar-refractivity contribution >= 4 is 16.3 Å². The molecule has 4 rings (SSSR count). The molecule has 4 aromatic carbocycles. The number of carbonyl (C=O) groups excluding carboxylic acids is 1. The molecule has 216 valence electrons. The standard InChI is InChI=1S/C37H44O3S/c1-4-7-12-29-17-23-32(24-18-29)41(33-25-19-30(20-26-33)13-8-5-2,34-27-21-31(22-28-34)14-9-6-3)40-37(39)35-15-10-11-16-36(35)38/h10-11,15-28,38H,4-9,12-14H2,1-3H3. The molecule has 0 saturated carbocycles. The Morgan fingerprint density at radius 1 is 0.585 bits per heavy atom. The van der Waals surface area contributed by atoms with Crippen LogP contribution in [0.4, 0.5) is 0 Å². The van der Waals surface area contributed by atoms with E-state index in [0.717, 1.165) is 72.5 Å². The van der Waals surface area contributed by atoms with Crippen molar-refractivity contribution in [3.8, 4) is 5.75 Å². The lowest BCUT2D eigenvalue weighted by molar-refractivity contribution is 0.0754. The monoisotopic (exact) mass is 568 g/mol. The third-order valence-corrected chi connectivity index (χ3v) is 10.8. The molecule has 0 bridgehead atoms. The van der Waals surface area contributed by atoms with Gasteiger partial charge in [-0.05, 0) is 114 Å². The number of aromatic hydroxyl groups is 1. The fourth-order valence-electron chi connectivity index (χ4n) is 5.04. The minimum absolute atomic E-state index is 0.0782. The van der Waals surface area contributed by atoms with Gasteiger partial charge in [-0.15, -0.1) is 0 Å². The molecular weight excluding hydrogens is 524 g/mol. The lowest BCUT2D eigenvalue weighted by atomic mass is 10.1. The summed E-state index contributed by atoms with van der Waals surface area (Å²) in [4.78, 5) is 16.8. The molecule has 0 heterocycles. The van der Waals surface area contributed by atoms with Crippen LogP contribution in [0.1, 0.15) is 86.3 Å². The molecule has 0 aliphatic heterocycles. The van der Waals surface area contributed by atoms with Crippen LogP contribution in [0.3, 0.4) is 0 Å². The number of phenols is 1. The van der Waals surface area contributed by atoms with Crippen LogP contribution in [0.5, 0.6) is 5.75 Å². The molecule has 0 aliphatic carbocycles. The van der Waals surface area contributed by atoms with Gasteiger partial charge in [0.1, 0.15) is 11.3 Å². The summed E-state index contributed by atoms with van der Waals surface area (Å²) in [6.07, 6.45) is 9.91. The number of benzene rings is 4. The molecule has 0 radical (unpaired) electrons. The first-order valence-corrected chi connectivity index (χ1v) is 16.7. The van der Waals surface area contributed by atoms with Gasteiger partial charge in [0.05, 0.1) is 0 Å². The summed E-state index contributed by atoms with van der Waals surface area (Å²) in [5.41, 5.74) is 4.00. The topological polar surface area (TPSA) is 46.5 Å². The first-order chi connectivity index (χ1) is 20.0. The highest BCUT2D eigenvalue weighted by Gasteiger charge is 2.36. The maximum atomic E-state index is 13.9. The zero-order valence-electron chi connectivity index (χ0n) is 24.8. The number of hydrogen-bond acceptors (Lipinski definition) is 3. The summed E-state index contributed by atoms with van der Waals surface area (Å²) in [6, 6.07) is 32.5. The Morgan fingerprint density at radius 3 is 1.29 bits per heavy atom. The van der Waals surface area contributed by atoms with E-state index in [2.05, 4.69) is 93.6 Å². The summed E-state index contributed by atoms with van der Waals surface area (Å²) in [5, 5.41) is 10.6. The number of carbonyl (C=O) groups is 1. The molecule has 3 nitrogen and oxygen atoms in total. The predicted molar refractivity (Wildman–Crippen MR) is 171 cm³/mol. The highest BCUT2D eigenvalue weighted by Crippen LogP contribution is 2.69. The van der Waals surface area contributed by atoms with Crippen molar-refractivity contribution in [1.82, 2.24) is 0 Å². The highest BCUT2D eigenvalue weighted by molar-refractivity contribution is 8.30. The van der Waals surface area contributed by atoms with Crippen molar-refractivity contribution in [1.29, 1.82) is 0 Å². The van der Waals surface area contributed by atoms with Gasteiger partial charge in [-0.25, -0.2) is 4.79 Å². The van der Waals surface area contributed by atoms with Crippen molar-refractivity contribution in [2.45, 2.75) is 93.2 Å². The molecule has 0 atom stereocenters. The molecular formula is C37H44O3S. The fraction of sp³-hybridized carbons (Fsp3) is 0.324. The van der Waals surface area contributed by atoms with Gasteiger partial charge in [0.25, 0.3) is 0 Å². The van der Waals surface area contributed by atoms with Crippen LogP contribution < -0.4 is 0 Å². The molecule has 0 saturated heterocycles. The van der Waals surface area contributed by atoms with Crippen LogP contribution in [0.2, 0.25) is 0 Å². The van der Waals surface area contributed by atoms with Gasteiger partial charge in [-0.1, -0.05) is 88.6 Å². The summed E-state index contributed by atoms with van der Waals surface area (Å²) in [5.74, 6) is -0.608. The van der Waals surface area contributed by atoms with E-state index >= 15 is 0 Å². The molecule has 4 aromatic rings. The van der Waals surface area contributed by atoms with Crippen LogP contribution in [0.15, 0.2) is 112 Å².